The maximum absolute atomic E-state index is 13.0. The fourth-order valence-corrected chi connectivity index (χ4v) is 4.48. The highest BCUT2D eigenvalue weighted by Crippen LogP contribution is 2.33. The van der Waals surface area contributed by atoms with Gasteiger partial charge in [0.1, 0.15) is 28.7 Å². The summed E-state index contributed by atoms with van der Waals surface area (Å²) in [6.45, 7) is 11.8. The second-order valence-corrected chi connectivity index (χ2v) is 12.3. The monoisotopic (exact) mass is 588 g/mol. The van der Waals surface area contributed by atoms with Crippen LogP contribution >= 0.6 is 11.8 Å². The van der Waals surface area contributed by atoms with Crippen molar-refractivity contribution in [3.05, 3.63) is 78.6 Å². The van der Waals surface area contributed by atoms with E-state index in [-0.39, 0.29) is 5.41 Å². The minimum Gasteiger partial charge on any atom is -0.457 e. The molecule has 2 aromatic heterocycles. The standard InChI is InChI=1S/C31H36N6O4S/c1-30(2,3)20-9-8-10-21(17-20)37-27(14-16-33-37)36-28(38)34-24-12-11-22(18-25(24)42-7)40-23-13-15-32-26(19-23)35-29(39)41-31(4,5)6/h8-19H,1-7H3,(H,32,35,39)(H2,34,36,38). The zero-order valence-electron chi connectivity index (χ0n) is 24.8. The van der Waals surface area contributed by atoms with E-state index < -0.39 is 17.7 Å². The summed E-state index contributed by atoms with van der Waals surface area (Å²) in [6, 6.07) is 18.1. The first-order valence-electron chi connectivity index (χ1n) is 13.4. The smallest absolute Gasteiger partial charge is 0.413 e. The molecule has 0 radical (unpaired) electrons. The number of carbonyl (C=O) groups excluding carboxylic acids is 2. The molecular formula is C31H36N6O4S. The summed E-state index contributed by atoms with van der Waals surface area (Å²) in [5.41, 5.74) is 2.00. The zero-order chi connectivity index (χ0) is 30.5. The van der Waals surface area contributed by atoms with Crippen LogP contribution in [-0.4, -0.2) is 38.7 Å². The van der Waals surface area contributed by atoms with Gasteiger partial charge in [-0.1, -0.05) is 32.9 Å². The molecule has 3 amide bonds. The molecule has 0 fully saturated rings. The van der Waals surface area contributed by atoms with Gasteiger partial charge < -0.3 is 14.8 Å². The molecule has 4 rings (SSSR count). The lowest BCUT2D eigenvalue weighted by Crippen LogP contribution is -2.27. The van der Waals surface area contributed by atoms with Crippen molar-refractivity contribution >= 4 is 41.2 Å². The van der Waals surface area contributed by atoms with Gasteiger partial charge in [-0.05, 0) is 74.4 Å². The number of hydrogen-bond donors (Lipinski definition) is 3. The third kappa shape index (κ3) is 8.26. The second-order valence-electron chi connectivity index (χ2n) is 11.5. The number of ether oxygens (including phenoxy) is 2. The Hall–Kier alpha value is -4.51. The van der Waals surface area contributed by atoms with Gasteiger partial charge in [0.15, 0.2) is 0 Å². The molecule has 0 spiro atoms. The van der Waals surface area contributed by atoms with Crippen LogP contribution in [0.5, 0.6) is 11.5 Å². The maximum atomic E-state index is 13.0. The topological polar surface area (TPSA) is 119 Å². The number of pyridine rings is 1. The maximum Gasteiger partial charge on any atom is 0.413 e. The van der Waals surface area contributed by atoms with Crippen LogP contribution < -0.4 is 20.7 Å². The fourth-order valence-electron chi connectivity index (χ4n) is 3.90. The Bertz CT molecular complexity index is 1570. The Morgan fingerprint density at radius 2 is 1.62 bits per heavy atom. The van der Waals surface area contributed by atoms with E-state index in [1.54, 1.807) is 62.0 Å². The Labute approximate surface area is 250 Å². The highest BCUT2D eigenvalue weighted by Gasteiger charge is 2.18. The van der Waals surface area contributed by atoms with E-state index in [0.29, 0.717) is 28.8 Å². The lowest BCUT2D eigenvalue weighted by molar-refractivity contribution is 0.0635. The first-order valence-corrected chi connectivity index (χ1v) is 14.6. The molecule has 42 heavy (non-hydrogen) atoms. The van der Waals surface area contributed by atoms with Gasteiger partial charge in [0, 0.05) is 23.2 Å². The molecule has 0 saturated heterocycles. The van der Waals surface area contributed by atoms with Crippen molar-refractivity contribution in [2.75, 3.05) is 22.2 Å². The van der Waals surface area contributed by atoms with Crippen LogP contribution in [0.3, 0.4) is 0 Å². The fraction of sp³-hybridized carbons (Fsp3) is 0.290. The van der Waals surface area contributed by atoms with Crippen LogP contribution in [0.4, 0.5) is 26.9 Å². The minimum absolute atomic E-state index is 0.0190. The molecule has 0 atom stereocenters. The molecule has 0 aliphatic heterocycles. The first kappa shape index (κ1) is 30.4. The van der Waals surface area contributed by atoms with Crippen molar-refractivity contribution in [2.24, 2.45) is 0 Å². The van der Waals surface area contributed by atoms with Gasteiger partial charge >= 0.3 is 12.1 Å². The van der Waals surface area contributed by atoms with Gasteiger partial charge in [-0.2, -0.15) is 5.10 Å². The van der Waals surface area contributed by atoms with Crippen molar-refractivity contribution in [2.45, 2.75) is 57.5 Å². The van der Waals surface area contributed by atoms with Crippen molar-refractivity contribution < 1.29 is 19.1 Å². The number of aromatic nitrogens is 3. The highest BCUT2D eigenvalue weighted by atomic mass is 32.2. The molecule has 4 aromatic rings. The lowest BCUT2D eigenvalue weighted by Gasteiger charge is -2.20. The van der Waals surface area contributed by atoms with E-state index in [9.17, 15) is 9.59 Å². The average molecular weight is 589 g/mol. The molecule has 0 bridgehead atoms. The number of thioether (sulfide) groups is 1. The number of carbonyl (C=O) groups is 2. The minimum atomic E-state index is -0.627. The average Bonchev–Trinajstić information content (AvgIpc) is 3.36. The van der Waals surface area contributed by atoms with Crippen molar-refractivity contribution in [1.82, 2.24) is 14.8 Å². The summed E-state index contributed by atoms with van der Waals surface area (Å²) in [7, 11) is 0. The van der Waals surface area contributed by atoms with Crippen LogP contribution in [0, 0.1) is 0 Å². The molecule has 0 unspecified atom stereocenters. The Balaban J connectivity index is 1.43. The molecular weight excluding hydrogens is 552 g/mol. The third-order valence-electron chi connectivity index (χ3n) is 5.86. The van der Waals surface area contributed by atoms with E-state index >= 15 is 0 Å². The van der Waals surface area contributed by atoms with Crippen LogP contribution in [0.15, 0.2) is 78.0 Å². The predicted octanol–water partition coefficient (Wildman–Crippen LogP) is 8.07. The van der Waals surface area contributed by atoms with E-state index in [1.807, 2.05) is 24.5 Å². The van der Waals surface area contributed by atoms with Crippen LogP contribution in [0.25, 0.3) is 5.69 Å². The number of amides is 3. The molecule has 0 aliphatic carbocycles. The van der Waals surface area contributed by atoms with E-state index in [1.165, 1.54) is 23.5 Å². The van der Waals surface area contributed by atoms with Crippen LogP contribution in [-0.2, 0) is 10.2 Å². The largest absolute Gasteiger partial charge is 0.457 e. The molecule has 220 valence electrons. The van der Waals surface area contributed by atoms with E-state index in [4.69, 9.17) is 9.47 Å². The van der Waals surface area contributed by atoms with Crippen molar-refractivity contribution in [1.29, 1.82) is 0 Å². The number of rotatable bonds is 7. The van der Waals surface area contributed by atoms with Gasteiger partial charge in [0.05, 0.1) is 17.6 Å². The Morgan fingerprint density at radius 3 is 2.33 bits per heavy atom. The second kappa shape index (κ2) is 12.6. The number of nitrogens with zero attached hydrogens (tertiary/aromatic N) is 3. The van der Waals surface area contributed by atoms with E-state index in [0.717, 1.165) is 10.6 Å². The van der Waals surface area contributed by atoms with Gasteiger partial charge in [0.25, 0.3) is 0 Å². The van der Waals surface area contributed by atoms with Gasteiger partial charge in [-0.3, -0.25) is 10.6 Å². The SMILES string of the molecule is CSc1cc(Oc2ccnc(NC(=O)OC(C)(C)C)c2)ccc1NC(=O)Nc1ccnn1-c1cccc(C(C)(C)C)c1. The lowest BCUT2D eigenvalue weighted by atomic mass is 9.87. The number of hydrogen-bond acceptors (Lipinski definition) is 7. The summed E-state index contributed by atoms with van der Waals surface area (Å²) in [6.07, 6.45) is 4.48. The molecule has 2 heterocycles. The van der Waals surface area contributed by atoms with Crippen LogP contribution in [0.2, 0.25) is 0 Å². The first-order chi connectivity index (χ1) is 19.8. The van der Waals surface area contributed by atoms with Crippen molar-refractivity contribution in [3.8, 4) is 17.2 Å². The molecule has 11 heteroatoms. The quantitative estimate of drug-likeness (QED) is 0.187. The molecule has 0 saturated carbocycles. The summed E-state index contributed by atoms with van der Waals surface area (Å²) in [5.74, 6) is 1.87. The molecule has 0 aliphatic rings. The van der Waals surface area contributed by atoms with Gasteiger partial charge in [0.2, 0.25) is 0 Å². The molecule has 3 N–H and O–H groups in total. The number of urea groups is 1. The zero-order valence-corrected chi connectivity index (χ0v) is 25.6. The third-order valence-corrected chi connectivity index (χ3v) is 6.64. The number of anilines is 3. The summed E-state index contributed by atoms with van der Waals surface area (Å²) in [4.78, 5) is 30.0. The van der Waals surface area contributed by atoms with Gasteiger partial charge in [-0.15, -0.1) is 11.8 Å². The molecule has 10 nitrogen and oxygen atoms in total. The molecule has 2 aromatic carbocycles. The Kier molecular flexibility index (Phi) is 9.11. The number of benzene rings is 2. The van der Waals surface area contributed by atoms with Crippen LogP contribution in [0.1, 0.15) is 47.1 Å². The van der Waals surface area contributed by atoms with E-state index in [2.05, 4.69) is 58.9 Å². The summed E-state index contributed by atoms with van der Waals surface area (Å²) in [5, 5.41) is 12.8. The highest BCUT2D eigenvalue weighted by molar-refractivity contribution is 7.98. The van der Waals surface area contributed by atoms with Gasteiger partial charge in [-0.25, -0.2) is 19.3 Å². The normalized spacial score (nSPS) is 11.5. The summed E-state index contributed by atoms with van der Waals surface area (Å²) < 4.78 is 13.0. The summed E-state index contributed by atoms with van der Waals surface area (Å²) >= 11 is 1.46. The number of nitrogens with one attached hydrogen (secondary N) is 3. The van der Waals surface area contributed by atoms with Crippen molar-refractivity contribution in [3.63, 3.8) is 0 Å². The predicted molar refractivity (Wildman–Crippen MR) is 167 cm³/mol. The Morgan fingerprint density at radius 1 is 0.857 bits per heavy atom.